The fourth-order valence-corrected chi connectivity index (χ4v) is 3.67. The topological polar surface area (TPSA) is 55.2 Å². The number of para-hydroxylation sites is 1. The van der Waals surface area contributed by atoms with Crippen molar-refractivity contribution in [3.8, 4) is 5.69 Å². The number of rotatable bonds is 6. The molecule has 1 aromatic heterocycles. The van der Waals surface area contributed by atoms with Gasteiger partial charge in [-0.1, -0.05) is 37.6 Å². The second-order valence-corrected chi connectivity index (χ2v) is 7.99. The Bertz CT molecular complexity index is 1070. The van der Waals surface area contributed by atoms with Crippen molar-refractivity contribution in [1.82, 2.24) is 14.5 Å². The third-order valence-corrected chi connectivity index (χ3v) is 5.22. The quantitative estimate of drug-likeness (QED) is 0.573. The number of amides is 1. The van der Waals surface area contributed by atoms with E-state index in [0.717, 1.165) is 0 Å². The molecule has 3 rings (SSSR count). The van der Waals surface area contributed by atoms with E-state index in [4.69, 9.17) is 16.6 Å². The standard InChI is InChI=1S/C23H26ClN3O2/c1-5-26(21(28)14-15(2)3)16(4)22-25-20-9-7-6-8-19(20)23(29)27(22)18-12-10-17(24)11-13-18/h6-13,15-16H,5,14H2,1-4H3. The highest BCUT2D eigenvalue weighted by atomic mass is 35.5. The number of nitrogens with zero attached hydrogens (tertiary/aromatic N) is 3. The van der Waals surface area contributed by atoms with Crippen molar-refractivity contribution in [2.24, 2.45) is 5.92 Å². The molecule has 1 unspecified atom stereocenters. The van der Waals surface area contributed by atoms with E-state index in [0.29, 0.717) is 40.4 Å². The van der Waals surface area contributed by atoms with Crippen LogP contribution in [0.2, 0.25) is 5.02 Å². The van der Waals surface area contributed by atoms with Gasteiger partial charge in [0.05, 0.1) is 22.6 Å². The van der Waals surface area contributed by atoms with Gasteiger partial charge < -0.3 is 4.90 Å². The summed E-state index contributed by atoms with van der Waals surface area (Å²) in [6.45, 7) is 8.45. The highest BCUT2D eigenvalue weighted by Gasteiger charge is 2.26. The van der Waals surface area contributed by atoms with Crippen LogP contribution in [-0.4, -0.2) is 26.9 Å². The van der Waals surface area contributed by atoms with Crippen LogP contribution in [0.3, 0.4) is 0 Å². The number of carbonyl (C=O) groups is 1. The Hall–Kier alpha value is -2.66. The number of carbonyl (C=O) groups excluding carboxylic acids is 1. The third kappa shape index (κ3) is 4.35. The Balaban J connectivity index is 2.22. The zero-order valence-corrected chi connectivity index (χ0v) is 18.0. The molecule has 0 saturated carbocycles. The van der Waals surface area contributed by atoms with E-state index >= 15 is 0 Å². The van der Waals surface area contributed by atoms with E-state index in [2.05, 4.69) is 0 Å². The summed E-state index contributed by atoms with van der Waals surface area (Å²) in [5.41, 5.74) is 1.14. The number of aromatic nitrogens is 2. The lowest BCUT2D eigenvalue weighted by Gasteiger charge is -2.30. The fourth-order valence-electron chi connectivity index (χ4n) is 3.54. The number of fused-ring (bicyclic) bond motifs is 1. The first-order valence-electron chi connectivity index (χ1n) is 9.90. The van der Waals surface area contributed by atoms with Crippen molar-refractivity contribution < 1.29 is 4.79 Å². The molecule has 5 nitrogen and oxygen atoms in total. The van der Waals surface area contributed by atoms with Crippen molar-refractivity contribution in [2.75, 3.05) is 6.54 Å². The maximum atomic E-state index is 13.4. The Labute approximate surface area is 175 Å². The molecule has 0 fully saturated rings. The highest BCUT2D eigenvalue weighted by Crippen LogP contribution is 2.24. The van der Waals surface area contributed by atoms with Gasteiger partial charge in [0, 0.05) is 18.0 Å². The van der Waals surface area contributed by atoms with Gasteiger partial charge in [-0.25, -0.2) is 4.98 Å². The van der Waals surface area contributed by atoms with E-state index in [9.17, 15) is 9.59 Å². The van der Waals surface area contributed by atoms with Crippen molar-refractivity contribution >= 4 is 28.4 Å². The van der Waals surface area contributed by atoms with Gasteiger partial charge in [-0.15, -0.1) is 0 Å². The van der Waals surface area contributed by atoms with Crippen LogP contribution in [0, 0.1) is 5.92 Å². The van der Waals surface area contributed by atoms with Crippen molar-refractivity contribution in [3.05, 3.63) is 69.7 Å². The summed E-state index contributed by atoms with van der Waals surface area (Å²) >= 11 is 6.04. The lowest BCUT2D eigenvalue weighted by atomic mass is 10.1. The number of halogens is 1. The van der Waals surface area contributed by atoms with E-state index in [1.165, 1.54) is 0 Å². The largest absolute Gasteiger partial charge is 0.333 e. The average Bonchev–Trinajstić information content (AvgIpc) is 2.69. The van der Waals surface area contributed by atoms with Gasteiger partial charge >= 0.3 is 0 Å². The minimum atomic E-state index is -0.362. The van der Waals surface area contributed by atoms with Crippen LogP contribution in [-0.2, 0) is 4.79 Å². The molecule has 0 bridgehead atoms. The molecule has 0 aliphatic heterocycles. The van der Waals surface area contributed by atoms with E-state index in [1.54, 1.807) is 39.8 Å². The fraction of sp³-hybridized carbons (Fsp3) is 0.348. The van der Waals surface area contributed by atoms with Crippen LogP contribution in [0.5, 0.6) is 0 Å². The first kappa shape index (κ1) is 21.1. The number of benzene rings is 2. The summed E-state index contributed by atoms with van der Waals surface area (Å²) in [5.74, 6) is 0.849. The molecule has 0 spiro atoms. The molecule has 152 valence electrons. The lowest BCUT2D eigenvalue weighted by Crippen LogP contribution is -2.37. The second-order valence-electron chi connectivity index (χ2n) is 7.56. The highest BCUT2D eigenvalue weighted by molar-refractivity contribution is 6.30. The number of hydrogen-bond donors (Lipinski definition) is 0. The van der Waals surface area contributed by atoms with Gasteiger partial charge in [0.15, 0.2) is 0 Å². The van der Waals surface area contributed by atoms with E-state index < -0.39 is 0 Å². The SMILES string of the molecule is CCN(C(=O)CC(C)C)C(C)c1nc2ccccc2c(=O)n1-c1ccc(Cl)cc1. The molecule has 0 radical (unpaired) electrons. The second kappa shape index (κ2) is 8.78. The average molecular weight is 412 g/mol. The van der Waals surface area contributed by atoms with Crippen molar-refractivity contribution in [2.45, 2.75) is 40.2 Å². The summed E-state index contributed by atoms with van der Waals surface area (Å²) in [7, 11) is 0. The predicted octanol–water partition coefficient (Wildman–Crippen LogP) is 4.99. The summed E-state index contributed by atoms with van der Waals surface area (Å²) in [5, 5.41) is 1.13. The molecule has 1 heterocycles. The summed E-state index contributed by atoms with van der Waals surface area (Å²) in [6, 6.07) is 14.0. The van der Waals surface area contributed by atoms with Gasteiger partial charge in [0.1, 0.15) is 5.82 Å². The van der Waals surface area contributed by atoms with Crippen LogP contribution in [0.25, 0.3) is 16.6 Å². The van der Waals surface area contributed by atoms with E-state index in [1.807, 2.05) is 45.9 Å². The zero-order valence-electron chi connectivity index (χ0n) is 17.2. The molecule has 0 aliphatic carbocycles. The lowest BCUT2D eigenvalue weighted by molar-refractivity contribution is -0.134. The molecule has 0 saturated heterocycles. The van der Waals surface area contributed by atoms with Crippen LogP contribution in [0.4, 0.5) is 0 Å². The van der Waals surface area contributed by atoms with Gasteiger partial charge in [-0.3, -0.25) is 14.2 Å². The first-order chi connectivity index (χ1) is 13.8. The van der Waals surface area contributed by atoms with Gasteiger partial charge in [0.2, 0.25) is 5.91 Å². The van der Waals surface area contributed by atoms with Gasteiger partial charge in [-0.2, -0.15) is 0 Å². The first-order valence-corrected chi connectivity index (χ1v) is 10.3. The number of hydrogen-bond acceptors (Lipinski definition) is 3. The van der Waals surface area contributed by atoms with Gasteiger partial charge in [-0.05, 0) is 56.2 Å². The monoisotopic (exact) mass is 411 g/mol. The molecule has 6 heteroatoms. The van der Waals surface area contributed by atoms with Crippen LogP contribution >= 0.6 is 11.6 Å². The van der Waals surface area contributed by atoms with E-state index in [-0.39, 0.29) is 23.4 Å². The Morgan fingerprint density at radius 3 is 2.38 bits per heavy atom. The molecule has 29 heavy (non-hydrogen) atoms. The molecular weight excluding hydrogens is 386 g/mol. The van der Waals surface area contributed by atoms with Gasteiger partial charge in [0.25, 0.3) is 5.56 Å². The predicted molar refractivity (Wildman–Crippen MR) is 118 cm³/mol. The van der Waals surface area contributed by atoms with Crippen molar-refractivity contribution in [3.63, 3.8) is 0 Å². The maximum Gasteiger partial charge on any atom is 0.266 e. The van der Waals surface area contributed by atoms with Crippen molar-refractivity contribution in [1.29, 1.82) is 0 Å². The molecule has 1 amide bonds. The molecule has 0 aliphatic rings. The molecule has 0 N–H and O–H groups in total. The Morgan fingerprint density at radius 2 is 1.76 bits per heavy atom. The van der Waals surface area contributed by atoms with Crippen LogP contribution < -0.4 is 5.56 Å². The molecule has 1 atom stereocenters. The Kier molecular flexibility index (Phi) is 6.38. The Morgan fingerprint density at radius 1 is 1.10 bits per heavy atom. The van der Waals surface area contributed by atoms with Crippen LogP contribution in [0.1, 0.15) is 46.0 Å². The minimum Gasteiger partial charge on any atom is -0.333 e. The van der Waals surface area contributed by atoms with Crippen LogP contribution in [0.15, 0.2) is 53.3 Å². The summed E-state index contributed by atoms with van der Waals surface area (Å²) < 4.78 is 1.59. The normalized spacial score (nSPS) is 12.3. The smallest absolute Gasteiger partial charge is 0.266 e. The third-order valence-electron chi connectivity index (χ3n) is 4.97. The molecule has 3 aromatic rings. The molecular formula is C23H26ClN3O2. The summed E-state index contributed by atoms with van der Waals surface area (Å²) in [6.07, 6.45) is 0.455. The zero-order chi connectivity index (χ0) is 21.1. The minimum absolute atomic E-state index is 0.0556. The summed E-state index contributed by atoms with van der Waals surface area (Å²) in [4.78, 5) is 32.8. The maximum absolute atomic E-state index is 13.4. The molecule has 2 aromatic carbocycles.